The van der Waals surface area contributed by atoms with Crippen LogP contribution in [-0.2, 0) is 16.4 Å². The Morgan fingerprint density at radius 3 is 2.69 bits per heavy atom. The largest absolute Gasteiger partial charge is 0.296 e. The predicted molar refractivity (Wildman–Crippen MR) is 104 cm³/mol. The maximum absolute atomic E-state index is 13.1. The van der Waals surface area contributed by atoms with E-state index in [4.69, 9.17) is 0 Å². The van der Waals surface area contributed by atoms with E-state index < -0.39 is 27.4 Å². The third kappa shape index (κ3) is 3.70. The average molecular weight is 436 g/mol. The highest BCUT2D eigenvalue weighted by Gasteiger charge is 2.31. The zero-order chi connectivity index (χ0) is 20.6. The van der Waals surface area contributed by atoms with Gasteiger partial charge in [0.2, 0.25) is 5.13 Å². The predicted octanol–water partition coefficient (Wildman–Crippen LogP) is 3.48. The van der Waals surface area contributed by atoms with Crippen molar-refractivity contribution in [2.24, 2.45) is 0 Å². The van der Waals surface area contributed by atoms with Crippen LogP contribution in [0.5, 0.6) is 0 Å². The van der Waals surface area contributed by atoms with Gasteiger partial charge in [-0.2, -0.15) is 0 Å². The Morgan fingerprint density at radius 1 is 1.14 bits per heavy atom. The molecule has 0 saturated carbocycles. The number of nitrogens with one attached hydrogen (secondary N) is 1. The van der Waals surface area contributed by atoms with Gasteiger partial charge in [0, 0.05) is 12.1 Å². The highest BCUT2D eigenvalue weighted by Crippen LogP contribution is 2.33. The molecule has 0 saturated heterocycles. The zero-order valence-electron chi connectivity index (χ0n) is 14.7. The molecular weight excluding hydrogens is 422 g/mol. The fourth-order valence-corrected chi connectivity index (χ4v) is 5.17. The molecule has 150 valence electrons. The molecule has 1 aliphatic rings. The molecule has 0 unspecified atom stereocenters. The van der Waals surface area contributed by atoms with E-state index in [2.05, 4.69) is 15.5 Å². The second-order valence-electron chi connectivity index (χ2n) is 6.18. The summed E-state index contributed by atoms with van der Waals surface area (Å²) in [6.45, 7) is 0.319. The van der Waals surface area contributed by atoms with Gasteiger partial charge in [-0.1, -0.05) is 35.6 Å². The SMILES string of the molecule is O=C(Nc1nnc(C(F)F)s1)c1cccc(S(=O)(=O)N2CCc3ccccc32)c1. The van der Waals surface area contributed by atoms with Crippen LogP contribution in [0.25, 0.3) is 0 Å². The zero-order valence-corrected chi connectivity index (χ0v) is 16.4. The van der Waals surface area contributed by atoms with Crippen LogP contribution in [0, 0.1) is 0 Å². The van der Waals surface area contributed by atoms with Gasteiger partial charge in [0.15, 0.2) is 5.01 Å². The van der Waals surface area contributed by atoms with Crippen molar-refractivity contribution in [2.75, 3.05) is 16.2 Å². The Hall–Kier alpha value is -2.92. The van der Waals surface area contributed by atoms with Crippen LogP contribution < -0.4 is 9.62 Å². The van der Waals surface area contributed by atoms with E-state index in [0.717, 1.165) is 5.56 Å². The summed E-state index contributed by atoms with van der Waals surface area (Å²) in [6, 6.07) is 12.8. The first-order valence-electron chi connectivity index (χ1n) is 8.50. The smallest absolute Gasteiger partial charge is 0.291 e. The van der Waals surface area contributed by atoms with E-state index in [1.165, 1.54) is 28.6 Å². The van der Waals surface area contributed by atoms with E-state index in [0.29, 0.717) is 30.0 Å². The first kappa shape index (κ1) is 19.4. The third-order valence-electron chi connectivity index (χ3n) is 4.38. The van der Waals surface area contributed by atoms with Crippen LogP contribution >= 0.6 is 11.3 Å². The number of rotatable bonds is 5. The van der Waals surface area contributed by atoms with Gasteiger partial charge >= 0.3 is 0 Å². The van der Waals surface area contributed by atoms with Crippen LogP contribution in [0.1, 0.15) is 27.4 Å². The Balaban J connectivity index is 1.59. The molecule has 0 aliphatic carbocycles. The van der Waals surface area contributed by atoms with Crippen molar-refractivity contribution in [3.05, 3.63) is 64.7 Å². The molecule has 2 aromatic carbocycles. The van der Waals surface area contributed by atoms with Crippen LogP contribution in [0.2, 0.25) is 0 Å². The molecular formula is C18H14F2N4O3S2. The molecule has 29 heavy (non-hydrogen) atoms. The van der Waals surface area contributed by atoms with Crippen LogP contribution in [0.3, 0.4) is 0 Å². The minimum absolute atomic E-state index is 0.0348. The topological polar surface area (TPSA) is 92.3 Å². The van der Waals surface area contributed by atoms with Gasteiger partial charge in [-0.05, 0) is 36.2 Å². The lowest BCUT2D eigenvalue weighted by atomic mass is 10.2. The fraction of sp³-hybridized carbons (Fsp3) is 0.167. The number of carbonyl (C=O) groups is 1. The summed E-state index contributed by atoms with van der Waals surface area (Å²) in [5, 5.41) is 8.55. The Kier molecular flexibility index (Phi) is 5.01. The average Bonchev–Trinajstić information content (AvgIpc) is 3.35. The molecule has 0 bridgehead atoms. The van der Waals surface area contributed by atoms with E-state index in [1.54, 1.807) is 12.1 Å². The molecule has 4 rings (SSSR count). The highest BCUT2D eigenvalue weighted by molar-refractivity contribution is 7.92. The van der Waals surface area contributed by atoms with Crippen molar-refractivity contribution in [3.63, 3.8) is 0 Å². The van der Waals surface area contributed by atoms with Crippen LogP contribution in [-0.4, -0.2) is 31.1 Å². The Labute approximate surface area is 169 Å². The number of benzene rings is 2. The van der Waals surface area contributed by atoms with Crippen molar-refractivity contribution in [1.29, 1.82) is 0 Å². The van der Waals surface area contributed by atoms with Crippen molar-refractivity contribution < 1.29 is 22.0 Å². The maximum Gasteiger partial charge on any atom is 0.291 e. The van der Waals surface area contributed by atoms with E-state index in [1.807, 2.05) is 12.1 Å². The lowest BCUT2D eigenvalue weighted by Gasteiger charge is -2.19. The second kappa shape index (κ2) is 7.48. The molecule has 3 aromatic rings. The molecule has 1 aliphatic heterocycles. The number of hydrogen-bond acceptors (Lipinski definition) is 6. The molecule has 0 atom stereocenters. The highest BCUT2D eigenvalue weighted by atomic mass is 32.2. The molecule has 1 N–H and O–H groups in total. The summed E-state index contributed by atoms with van der Waals surface area (Å²) in [5.74, 6) is -0.666. The summed E-state index contributed by atoms with van der Waals surface area (Å²) < 4.78 is 52.7. The Bertz CT molecular complexity index is 1180. The molecule has 11 heteroatoms. The quantitative estimate of drug-likeness (QED) is 0.661. The van der Waals surface area contributed by atoms with Gasteiger partial charge in [-0.15, -0.1) is 10.2 Å². The number of hydrogen-bond donors (Lipinski definition) is 1. The first-order valence-corrected chi connectivity index (χ1v) is 10.8. The van der Waals surface area contributed by atoms with Gasteiger partial charge in [-0.25, -0.2) is 17.2 Å². The molecule has 7 nitrogen and oxygen atoms in total. The minimum atomic E-state index is -3.86. The first-order chi connectivity index (χ1) is 13.9. The molecule has 1 aromatic heterocycles. The number of amides is 1. The molecule has 1 amide bonds. The minimum Gasteiger partial charge on any atom is -0.296 e. The number of aromatic nitrogens is 2. The van der Waals surface area contributed by atoms with Crippen LogP contribution in [0.15, 0.2) is 53.4 Å². The molecule has 0 fully saturated rings. The fourth-order valence-electron chi connectivity index (χ4n) is 3.03. The summed E-state index contributed by atoms with van der Waals surface area (Å²) in [5.41, 5.74) is 1.62. The van der Waals surface area contributed by atoms with E-state index in [-0.39, 0.29) is 15.6 Å². The molecule has 2 heterocycles. The van der Waals surface area contributed by atoms with Gasteiger partial charge < -0.3 is 0 Å². The summed E-state index contributed by atoms with van der Waals surface area (Å²) >= 11 is 0.556. The summed E-state index contributed by atoms with van der Waals surface area (Å²) in [4.78, 5) is 12.4. The van der Waals surface area contributed by atoms with Gasteiger partial charge in [0.05, 0.1) is 10.6 Å². The van der Waals surface area contributed by atoms with Crippen molar-refractivity contribution in [3.8, 4) is 0 Å². The number of alkyl halides is 2. The summed E-state index contributed by atoms with van der Waals surface area (Å²) in [6.07, 6.45) is -2.17. The number of sulfonamides is 1. The van der Waals surface area contributed by atoms with E-state index >= 15 is 0 Å². The maximum atomic E-state index is 13.1. The van der Waals surface area contributed by atoms with E-state index in [9.17, 15) is 22.0 Å². The monoisotopic (exact) mass is 436 g/mol. The lowest BCUT2D eigenvalue weighted by molar-refractivity contribution is 0.102. The number of anilines is 2. The van der Waals surface area contributed by atoms with Crippen molar-refractivity contribution in [1.82, 2.24) is 10.2 Å². The number of halogens is 2. The Morgan fingerprint density at radius 2 is 1.93 bits per heavy atom. The van der Waals surface area contributed by atoms with Crippen LogP contribution in [0.4, 0.5) is 19.6 Å². The standard InChI is InChI=1S/C18H14F2N4O3S2/c19-15(20)17-22-23-18(28-17)21-16(25)12-5-3-6-13(10-12)29(26,27)24-9-8-11-4-1-2-7-14(11)24/h1-7,10,15H,8-9H2,(H,21,23,25). The molecule has 0 radical (unpaired) electrons. The van der Waals surface area contributed by atoms with Gasteiger partial charge in [0.25, 0.3) is 22.4 Å². The van der Waals surface area contributed by atoms with Gasteiger partial charge in [-0.3, -0.25) is 14.4 Å². The number of para-hydroxylation sites is 1. The summed E-state index contributed by atoms with van der Waals surface area (Å²) in [7, 11) is -3.86. The molecule has 0 spiro atoms. The lowest BCUT2D eigenvalue weighted by Crippen LogP contribution is -2.29. The van der Waals surface area contributed by atoms with Crippen molar-refractivity contribution >= 4 is 38.1 Å². The van der Waals surface area contributed by atoms with Crippen molar-refractivity contribution in [2.45, 2.75) is 17.7 Å². The third-order valence-corrected chi connectivity index (χ3v) is 7.03. The van der Waals surface area contributed by atoms with Gasteiger partial charge in [0.1, 0.15) is 0 Å². The number of fused-ring (bicyclic) bond motifs is 1. The normalized spacial score (nSPS) is 13.6. The number of carbonyl (C=O) groups excluding carboxylic acids is 1. The number of nitrogens with zero attached hydrogens (tertiary/aromatic N) is 3. The second-order valence-corrected chi connectivity index (χ2v) is 9.06.